The molecule has 3 aromatic rings. The minimum atomic E-state index is -1.04. The van der Waals surface area contributed by atoms with E-state index < -0.39 is 5.97 Å². The van der Waals surface area contributed by atoms with Crippen LogP contribution in [0.2, 0.25) is 5.02 Å². The highest BCUT2D eigenvalue weighted by Crippen LogP contribution is 2.22. The number of anilines is 1. The first-order valence-electron chi connectivity index (χ1n) is 8.14. The molecule has 0 fully saturated rings. The van der Waals surface area contributed by atoms with Gasteiger partial charge in [0, 0.05) is 12.2 Å². The van der Waals surface area contributed by atoms with Gasteiger partial charge in [-0.3, -0.25) is 0 Å². The van der Waals surface area contributed by atoms with Crippen LogP contribution in [0.4, 0.5) is 5.69 Å². The van der Waals surface area contributed by atoms with Gasteiger partial charge in [-0.2, -0.15) is 0 Å². The van der Waals surface area contributed by atoms with Crippen molar-refractivity contribution in [3.05, 3.63) is 94.5 Å². The number of hydrogen-bond donors (Lipinski definition) is 2. The van der Waals surface area contributed by atoms with Crippen LogP contribution >= 0.6 is 11.6 Å². The summed E-state index contributed by atoms with van der Waals surface area (Å²) in [4.78, 5) is 11.0. The number of hydrogen-bond acceptors (Lipinski definition) is 3. The molecule has 0 saturated carbocycles. The average Bonchev–Trinajstić information content (AvgIpc) is 2.66. The molecule has 0 heterocycles. The van der Waals surface area contributed by atoms with Gasteiger partial charge in [0.05, 0.1) is 10.6 Å². The average molecular weight is 368 g/mol. The maximum Gasteiger partial charge on any atom is 0.337 e. The lowest BCUT2D eigenvalue weighted by atomic mass is 10.2. The number of carboxylic acid groups (broad SMARTS) is 1. The minimum absolute atomic E-state index is 0.0912. The Kier molecular flexibility index (Phi) is 5.77. The monoisotopic (exact) mass is 367 g/mol. The number of nitrogens with one attached hydrogen (secondary N) is 1. The van der Waals surface area contributed by atoms with Gasteiger partial charge in [-0.15, -0.1) is 0 Å². The Labute approximate surface area is 157 Å². The van der Waals surface area contributed by atoms with Crippen LogP contribution in [0.1, 0.15) is 21.5 Å². The van der Waals surface area contributed by atoms with E-state index in [1.54, 1.807) is 12.1 Å². The van der Waals surface area contributed by atoms with Gasteiger partial charge in [0.25, 0.3) is 0 Å². The van der Waals surface area contributed by atoms with E-state index in [0.29, 0.717) is 13.2 Å². The molecule has 5 heteroatoms. The Bertz CT molecular complexity index is 897. The van der Waals surface area contributed by atoms with Crippen LogP contribution in [-0.2, 0) is 13.2 Å². The molecule has 0 aliphatic rings. The molecule has 0 spiro atoms. The van der Waals surface area contributed by atoms with Crippen molar-refractivity contribution in [2.75, 3.05) is 5.32 Å². The van der Waals surface area contributed by atoms with Gasteiger partial charge in [0.2, 0.25) is 0 Å². The molecule has 0 aliphatic heterocycles. The zero-order chi connectivity index (χ0) is 18.4. The largest absolute Gasteiger partial charge is 0.489 e. The fourth-order valence-electron chi connectivity index (χ4n) is 2.49. The van der Waals surface area contributed by atoms with Gasteiger partial charge in [-0.1, -0.05) is 54.1 Å². The van der Waals surface area contributed by atoms with Gasteiger partial charge >= 0.3 is 5.97 Å². The maximum absolute atomic E-state index is 11.0. The summed E-state index contributed by atoms with van der Waals surface area (Å²) in [7, 11) is 0. The summed E-state index contributed by atoms with van der Waals surface area (Å²) < 4.78 is 5.83. The third-order valence-corrected chi connectivity index (χ3v) is 4.16. The number of aromatic carboxylic acids is 1. The third-order valence-electron chi connectivity index (χ3n) is 3.84. The van der Waals surface area contributed by atoms with Crippen molar-refractivity contribution in [1.82, 2.24) is 0 Å². The molecule has 132 valence electrons. The van der Waals surface area contributed by atoms with Crippen LogP contribution in [-0.4, -0.2) is 11.1 Å². The standard InChI is InChI=1S/C21H18ClNO3/c22-20-12-17(9-10-19(20)21(24)25)23-13-16-7-4-8-18(11-16)26-14-15-5-2-1-3-6-15/h1-12,23H,13-14H2,(H,24,25). The highest BCUT2D eigenvalue weighted by Gasteiger charge is 2.08. The summed E-state index contributed by atoms with van der Waals surface area (Å²) >= 11 is 5.99. The summed E-state index contributed by atoms with van der Waals surface area (Å²) in [6, 6.07) is 22.6. The van der Waals surface area contributed by atoms with Crippen LogP contribution in [0, 0.1) is 0 Å². The molecule has 0 aliphatic carbocycles. The summed E-state index contributed by atoms with van der Waals surface area (Å²) in [5.74, 6) is -0.239. The second kappa shape index (κ2) is 8.41. The highest BCUT2D eigenvalue weighted by molar-refractivity contribution is 6.33. The van der Waals surface area contributed by atoms with Crippen LogP contribution in [0.15, 0.2) is 72.8 Å². The summed E-state index contributed by atoms with van der Waals surface area (Å²) in [5, 5.41) is 12.5. The number of benzene rings is 3. The summed E-state index contributed by atoms with van der Waals surface area (Å²) in [6.45, 7) is 1.09. The molecular weight excluding hydrogens is 350 g/mol. The lowest BCUT2D eigenvalue weighted by Gasteiger charge is -2.10. The zero-order valence-electron chi connectivity index (χ0n) is 14.0. The SMILES string of the molecule is O=C(O)c1ccc(NCc2cccc(OCc3ccccc3)c2)cc1Cl. The Balaban J connectivity index is 1.60. The molecule has 26 heavy (non-hydrogen) atoms. The van der Waals surface area contributed by atoms with Crippen molar-refractivity contribution in [3.63, 3.8) is 0 Å². The highest BCUT2D eigenvalue weighted by atomic mass is 35.5. The van der Waals surface area contributed by atoms with Gasteiger partial charge in [0.15, 0.2) is 0 Å². The fraction of sp³-hybridized carbons (Fsp3) is 0.0952. The van der Waals surface area contributed by atoms with E-state index in [4.69, 9.17) is 21.4 Å². The minimum Gasteiger partial charge on any atom is -0.489 e. The number of halogens is 1. The first kappa shape index (κ1) is 17.8. The van der Waals surface area contributed by atoms with Crippen LogP contribution < -0.4 is 10.1 Å². The van der Waals surface area contributed by atoms with Crippen molar-refractivity contribution in [1.29, 1.82) is 0 Å². The normalized spacial score (nSPS) is 10.3. The number of ether oxygens (including phenoxy) is 1. The van der Waals surface area contributed by atoms with Gasteiger partial charge < -0.3 is 15.2 Å². The Hall–Kier alpha value is -2.98. The van der Waals surface area contributed by atoms with Crippen molar-refractivity contribution < 1.29 is 14.6 Å². The van der Waals surface area contributed by atoms with Crippen LogP contribution in [0.3, 0.4) is 0 Å². The van der Waals surface area contributed by atoms with Gasteiger partial charge in [-0.05, 0) is 41.5 Å². The van der Waals surface area contributed by atoms with Crippen LogP contribution in [0.25, 0.3) is 0 Å². The quantitative estimate of drug-likeness (QED) is 0.600. The third kappa shape index (κ3) is 4.77. The molecule has 0 aromatic heterocycles. The van der Waals surface area contributed by atoms with Crippen LogP contribution in [0.5, 0.6) is 5.75 Å². The molecular formula is C21H18ClNO3. The van der Waals surface area contributed by atoms with E-state index in [1.807, 2.05) is 54.6 Å². The van der Waals surface area contributed by atoms with E-state index in [2.05, 4.69) is 5.32 Å². The molecule has 3 aromatic carbocycles. The van der Waals surface area contributed by atoms with Crippen molar-refractivity contribution in [2.24, 2.45) is 0 Å². The molecule has 0 amide bonds. The summed E-state index contributed by atoms with van der Waals surface area (Å²) in [5.41, 5.74) is 3.02. The Morgan fingerprint density at radius 3 is 2.46 bits per heavy atom. The number of carbonyl (C=O) groups is 1. The van der Waals surface area contributed by atoms with Crippen molar-refractivity contribution in [3.8, 4) is 5.75 Å². The zero-order valence-corrected chi connectivity index (χ0v) is 14.7. The lowest BCUT2D eigenvalue weighted by molar-refractivity contribution is 0.0697. The number of carboxylic acids is 1. The molecule has 2 N–H and O–H groups in total. The smallest absolute Gasteiger partial charge is 0.337 e. The predicted octanol–water partition coefficient (Wildman–Crippen LogP) is 5.23. The molecule has 0 bridgehead atoms. The molecule has 0 radical (unpaired) electrons. The molecule has 3 rings (SSSR count). The molecule has 0 atom stereocenters. The second-order valence-electron chi connectivity index (χ2n) is 5.78. The lowest BCUT2D eigenvalue weighted by Crippen LogP contribution is -2.02. The maximum atomic E-state index is 11.0. The van der Waals surface area contributed by atoms with E-state index in [1.165, 1.54) is 6.07 Å². The number of rotatable bonds is 7. The topological polar surface area (TPSA) is 58.6 Å². The predicted molar refractivity (Wildman–Crippen MR) is 103 cm³/mol. The second-order valence-corrected chi connectivity index (χ2v) is 6.18. The van der Waals surface area contributed by atoms with E-state index in [0.717, 1.165) is 22.6 Å². The van der Waals surface area contributed by atoms with Gasteiger partial charge in [0.1, 0.15) is 12.4 Å². The van der Waals surface area contributed by atoms with E-state index in [-0.39, 0.29) is 10.6 Å². The van der Waals surface area contributed by atoms with E-state index in [9.17, 15) is 4.79 Å². The fourth-order valence-corrected chi connectivity index (χ4v) is 2.75. The van der Waals surface area contributed by atoms with E-state index >= 15 is 0 Å². The van der Waals surface area contributed by atoms with Gasteiger partial charge in [-0.25, -0.2) is 4.79 Å². The summed E-state index contributed by atoms with van der Waals surface area (Å²) in [6.07, 6.45) is 0. The van der Waals surface area contributed by atoms with Crippen molar-refractivity contribution in [2.45, 2.75) is 13.2 Å². The van der Waals surface area contributed by atoms with Crippen molar-refractivity contribution >= 4 is 23.3 Å². The molecule has 0 unspecified atom stereocenters. The molecule has 4 nitrogen and oxygen atoms in total. The first-order valence-corrected chi connectivity index (χ1v) is 8.52. The molecule has 0 saturated heterocycles. The Morgan fingerprint density at radius 2 is 1.73 bits per heavy atom. The Morgan fingerprint density at radius 1 is 0.962 bits per heavy atom. The first-order chi connectivity index (χ1) is 12.6.